The number of rotatable bonds is 12. The normalized spacial score (nSPS) is 11.7. The molecule has 218 valence electrons. The van der Waals surface area contributed by atoms with Crippen molar-refractivity contribution >= 4 is 53.4 Å². The summed E-state index contributed by atoms with van der Waals surface area (Å²) >= 11 is 12.4. The number of para-hydroxylation sites is 2. The van der Waals surface area contributed by atoms with E-state index in [0.29, 0.717) is 52.0 Å². The first kappa shape index (κ1) is 30.0. The van der Waals surface area contributed by atoms with Crippen molar-refractivity contribution in [3.63, 3.8) is 0 Å². The van der Waals surface area contributed by atoms with Gasteiger partial charge in [0, 0.05) is 24.1 Å². The molecule has 9 nitrogen and oxygen atoms in total. The number of imidazole rings is 1. The maximum absolute atomic E-state index is 12.9. The lowest BCUT2D eigenvalue weighted by Crippen LogP contribution is -2.12. The van der Waals surface area contributed by atoms with E-state index >= 15 is 0 Å². The van der Waals surface area contributed by atoms with Crippen molar-refractivity contribution in [1.29, 1.82) is 0 Å². The van der Waals surface area contributed by atoms with E-state index in [-0.39, 0.29) is 24.9 Å². The van der Waals surface area contributed by atoms with Gasteiger partial charge < -0.3 is 18.8 Å². The number of amides is 1. The summed E-state index contributed by atoms with van der Waals surface area (Å²) in [6.07, 6.45) is 2.22. The molecule has 0 aliphatic rings. The number of oxazole rings is 1. The molecule has 0 fully saturated rings. The van der Waals surface area contributed by atoms with Crippen molar-refractivity contribution in [1.82, 2.24) is 14.5 Å². The van der Waals surface area contributed by atoms with E-state index in [4.69, 9.17) is 41.7 Å². The van der Waals surface area contributed by atoms with Crippen LogP contribution in [0, 0.1) is 0 Å². The SMILES string of the molecule is CCOP(=O)(Cc1ccc(NC(=O)CCc2oc(-n3cnc4ccccc43)nc2-c2ccc(Cl)c(Cl)c2)cc1)OCC. The monoisotopic (exact) mass is 626 g/mol. The third-order valence-corrected chi connectivity index (χ3v) is 9.18. The number of nitrogens with one attached hydrogen (secondary N) is 1. The molecule has 1 N–H and O–H groups in total. The van der Waals surface area contributed by atoms with Crippen molar-refractivity contribution < 1.29 is 22.8 Å². The Morgan fingerprint density at radius 2 is 1.74 bits per heavy atom. The van der Waals surface area contributed by atoms with E-state index in [0.717, 1.165) is 16.6 Å². The maximum atomic E-state index is 12.9. The molecule has 5 aromatic rings. The molecule has 0 saturated heterocycles. The van der Waals surface area contributed by atoms with Crippen LogP contribution in [0.2, 0.25) is 10.0 Å². The Morgan fingerprint density at radius 3 is 2.45 bits per heavy atom. The van der Waals surface area contributed by atoms with Gasteiger partial charge in [0.05, 0.1) is 40.5 Å². The average Bonchev–Trinajstić information content (AvgIpc) is 3.59. The lowest BCUT2D eigenvalue weighted by molar-refractivity contribution is -0.116. The number of benzene rings is 3. The van der Waals surface area contributed by atoms with E-state index in [1.165, 1.54) is 0 Å². The molecule has 0 aliphatic heterocycles. The highest BCUT2D eigenvalue weighted by atomic mass is 35.5. The molecule has 0 bridgehead atoms. The molecule has 1 amide bonds. The van der Waals surface area contributed by atoms with Gasteiger partial charge in [0.15, 0.2) is 0 Å². The quantitative estimate of drug-likeness (QED) is 0.139. The van der Waals surface area contributed by atoms with Gasteiger partial charge in [-0.2, -0.15) is 4.98 Å². The second-order valence-corrected chi connectivity index (χ2v) is 12.2. The summed E-state index contributed by atoms with van der Waals surface area (Å²) in [5, 5.41) is 3.71. The predicted molar refractivity (Wildman–Crippen MR) is 165 cm³/mol. The highest BCUT2D eigenvalue weighted by Gasteiger charge is 2.24. The number of carbonyl (C=O) groups excluding carboxylic acids is 1. The summed E-state index contributed by atoms with van der Waals surface area (Å²) in [6, 6.07) is 20.3. The Balaban J connectivity index is 1.32. The summed E-state index contributed by atoms with van der Waals surface area (Å²) in [7, 11) is -3.22. The van der Waals surface area contributed by atoms with Crippen LogP contribution < -0.4 is 5.32 Å². The standard InChI is InChI=1S/C30H29Cl2N4O5P/c1-3-39-42(38,40-4-2)18-20-9-12-22(13-10-20)34-28(37)16-15-27-29(21-11-14-23(31)24(32)17-21)35-30(41-27)36-19-33-25-7-5-6-8-26(25)36/h5-14,17,19H,3-4,15-16,18H2,1-2H3,(H,34,37). The van der Waals surface area contributed by atoms with Crippen LogP contribution in [-0.2, 0) is 31.0 Å². The number of fused-ring (bicyclic) bond motifs is 1. The molecule has 42 heavy (non-hydrogen) atoms. The highest BCUT2D eigenvalue weighted by Crippen LogP contribution is 2.51. The van der Waals surface area contributed by atoms with Crippen LogP contribution in [0.3, 0.4) is 0 Å². The zero-order chi connectivity index (χ0) is 29.7. The van der Waals surface area contributed by atoms with Crippen LogP contribution in [0.25, 0.3) is 28.3 Å². The van der Waals surface area contributed by atoms with Crippen LogP contribution in [-0.4, -0.2) is 33.7 Å². The second-order valence-electron chi connectivity index (χ2n) is 9.35. The molecule has 0 radical (unpaired) electrons. The molecular formula is C30H29Cl2N4O5P. The summed E-state index contributed by atoms with van der Waals surface area (Å²) < 4.78 is 31.5. The number of aryl methyl sites for hydroxylation is 1. The van der Waals surface area contributed by atoms with Crippen LogP contribution >= 0.6 is 30.8 Å². The Bertz CT molecular complexity index is 1740. The van der Waals surface area contributed by atoms with Gasteiger partial charge in [0.2, 0.25) is 5.91 Å². The molecule has 2 heterocycles. The zero-order valence-electron chi connectivity index (χ0n) is 23.0. The van der Waals surface area contributed by atoms with Gasteiger partial charge in [-0.25, -0.2) is 4.98 Å². The molecule has 0 unspecified atom stereocenters. The Morgan fingerprint density at radius 1 is 1.00 bits per heavy atom. The maximum Gasteiger partial charge on any atom is 0.335 e. The topological polar surface area (TPSA) is 108 Å². The smallest absolute Gasteiger partial charge is 0.335 e. The fraction of sp³-hybridized carbons (Fsp3) is 0.233. The van der Waals surface area contributed by atoms with Gasteiger partial charge >= 0.3 is 13.6 Å². The van der Waals surface area contributed by atoms with Crippen LogP contribution in [0.5, 0.6) is 0 Å². The van der Waals surface area contributed by atoms with Gasteiger partial charge in [-0.15, -0.1) is 0 Å². The lowest BCUT2D eigenvalue weighted by atomic mass is 10.1. The van der Waals surface area contributed by atoms with Crippen molar-refractivity contribution in [2.45, 2.75) is 32.9 Å². The van der Waals surface area contributed by atoms with Gasteiger partial charge in [0.1, 0.15) is 17.8 Å². The number of nitrogens with zero attached hydrogens (tertiary/aromatic N) is 3. The Kier molecular flexibility index (Phi) is 9.46. The third-order valence-electron chi connectivity index (χ3n) is 6.38. The van der Waals surface area contributed by atoms with Gasteiger partial charge in [-0.1, -0.05) is 53.5 Å². The highest BCUT2D eigenvalue weighted by molar-refractivity contribution is 7.53. The van der Waals surface area contributed by atoms with E-state index in [1.807, 2.05) is 30.3 Å². The second kappa shape index (κ2) is 13.2. The van der Waals surface area contributed by atoms with E-state index in [1.54, 1.807) is 61.1 Å². The minimum atomic E-state index is -3.22. The van der Waals surface area contributed by atoms with Crippen molar-refractivity contribution in [3.8, 4) is 17.3 Å². The number of carbonyl (C=O) groups is 1. The zero-order valence-corrected chi connectivity index (χ0v) is 25.5. The summed E-state index contributed by atoms with van der Waals surface area (Å²) in [5.41, 5.74) is 4.31. The Labute approximate surface area is 253 Å². The molecule has 0 atom stereocenters. The minimum Gasteiger partial charge on any atom is -0.427 e. The van der Waals surface area contributed by atoms with E-state index in [9.17, 15) is 9.36 Å². The first-order valence-electron chi connectivity index (χ1n) is 13.4. The van der Waals surface area contributed by atoms with Crippen molar-refractivity contribution in [2.75, 3.05) is 18.5 Å². The van der Waals surface area contributed by atoms with E-state index < -0.39 is 7.60 Å². The molecule has 0 spiro atoms. The van der Waals surface area contributed by atoms with Gasteiger partial charge in [-0.05, 0) is 55.8 Å². The first-order valence-corrected chi connectivity index (χ1v) is 15.9. The molecule has 0 aliphatic carbocycles. The fourth-order valence-electron chi connectivity index (χ4n) is 4.48. The molecule has 5 rings (SSSR count). The molecule has 12 heteroatoms. The number of hydrogen-bond donors (Lipinski definition) is 1. The largest absolute Gasteiger partial charge is 0.427 e. The molecule has 3 aromatic carbocycles. The van der Waals surface area contributed by atoms with Crippen LogP contribution in [0.1, 0.15) is 31.6 Å². The van der Waals surface area contributed by atoms with Crippen LogP contribution in [0.4, 0.5) is 5.69 Å². The fourth-order valence-corrected chi connectivity index (χ4v) is 6.48. The van der Waals surface area contributed by atoms with Gasteiger partial charge in [0.25, 0.3) is 0 Å². The lowest BCUT2D eigenvalue weighted by Gasteiger charge is -2.17. The third kappa shape index (κ3) is 6.94. The van der Waals surface area contributed by atoms with Crippen LogP contribution in [0.15, 0.2) is 77.5 Å². The summed E-state index contributed by atoms with van der Waals surface area (Å²) in [4.78, 5) is 22.1. The predicted octanol–water partition coefficient (Wildman–Crippen LogP) is 8.32. The summed E-state index contributed by atoms with van der Waals surface area (Å²) in [6.45, 7) is 4.14. The van der Waals surface area contributed by atoms with Crippen molar-refractivity contribution in [2.24, 2.45) is 0 Å². The number of anilines is 1. The van der Waals surface area contributed by atoms with Crippen molar-refractivity contribution in [3.05, 3.63) is 94.4 Å². The van der Waals surface area contributed by atoms with E-state index in [2.05, 4.69) is 10.3 Å². The first-order chi connectivity index (χ1) is 20.3. The molecule has 0 saturated carbocycles. The molecule has 2 aromatic heterocycles. The number of hydrogen-bond acceptors (Lipinski definition) is 7. The molecular weight excluding hydrogens is 598 g/mol. The number of halogens is 2. The number of aromatic nitrogens is 3. The van der Waals surface area contributed by atoms with Gasteiger partial charge in [-0.3, -0.25) is 13.9 Å². The Hall–Kier alpha value is -3.46. The summed E-state index contributed by atoms with van der Waals surface area (Å²) in [5.74, 6) is 0.317. The minimum absolute atomic E-state index is 0.138. The average molecular weight is 627 g/mol.